The molecule has 6 N–H and O–H groups in total. The number of amides is 1. The lowest BCUT2D eigenvalue weighted by Crippen LogP contribution is -2.60. The molecule has 1 aliphatic rings. The lowest BCUT2D eigenvalue weighted by Gasteiger charge is -2.40. The van der Waals surface area contributed by atoms with E-state index in [0.29, 0.717) is 6.42 Å². The van der Waals surface area contributed by atoms with E-state index < -0.39 is 49.5 Å². The van der Waals surface area contributed by atoms with Crippen molar-refractivity contribution in [1.29, 1.82) is 0 Å². The summed E-state index contributed by atoms with van der Waals surface area (Å²) < 4.78 is 11.3. The Labute approximate surface area is 585 Å². The molecule has 0 saturated carbocycles. The van der Waals surface area contributed by atoms with Gasteiger partial charge in [-0.3, -0.25) is 4.79 Å². The van der Waals surface area contributed by atoms with Crippen molar-refractivity contribution in [3.05, 3.63) is 134 Å². The fourth-order valence-corrected chi connectivity index (χ4v) is 12.0. The van der Waals surface area contributed by atoms with Crippen LogP contribution in [0.3, 0.4) is 0 Å². The Morgan fingerprint density at radius 2 is 0.663 bits per heavy atom. The quantitative estimate of drug-likeness (QED) is 0.0261. The van der Waals surface area contributed by atoms with Crippen LogP contribution in [-0.2, 0) is 14.3 Å². The second-order valence-corrected chi connectivity index (χ2v) is 27.1. The third-order valence-electron chi connectivity index (χ3n) is 18.2. The van der Waals surface area contributed by atoms with Gasteiger partial charge in [0, 0.05) is 6.42 Å². The molecule has 0 spiro atoms. The summed E-state index contributed by atoms with van der Waals surface area (Å²) in [5, 5.41) is 54.9. The molecule has 0 bridgehead atoms. The number of ether oxygens (including phenoxy) is 2. The minimum Gasteiger partial charge on any atom is -0.394 e. The lowest BCUT2D eigenvalue weighted by molar-refractivity contribution is -0.302. The zero-order chi connectivity index (χ0) is 68.5. The van der Waals surface area contributed by atoms with Gasteiger partial charge in [-0.05, 0) is 109 Å². The van der Waals surface area contributed by atoms with Gasteiger partial charge in [-0.1, -0.05) is 366 Å². The van der Waals surface area contributed by atoms with Gasteiger partial charge in [-0.2, -0.15) is 0 Å². The number of allylic oxidation sites excluding steroid dienone is 21. The average Bonchev–Trinajstić information content (AvgIpc) is 0.836. The van der Waals surface area contributed by atoms with Gasteiger partial charge in [0.15, 0.2) is 6.29 Å². The van der Waals surface area contributed by atoms with Crippen molar-refractivity contribution in [2.45, 2.75) is 391 Å². The number of nitrogens with one attached hydrogen (secondary N) is 1. The molecule has 1 amide bonds. The van der Waals surface area contributed by atoms with Crippen LogP contribution in [0.2, 0.25) is 0 Å². The predicted molar refractivity (Wildman–Crippen MR) is 410 cm³/mol. The Balaban J connectivity index is 2.12. The molecule has 0 aromatic carbocycles. The molecule has 1 aliphatic heterocycles. The predicted octanol–water partition coefficient (Wildman–Crippen LogP) is 23.1. The van der Waals surface area contributed by atoms with Gasteiger partial charge in [0.25, 0.3) is 0 Å². The van der Waals surface area contributed by atoms with E-state index in [4.69, 9.17) is 9.47 Å². The number of hydrogen-bond donors (Lipinski definition) is 6. The summed E-state index contributed by atoms with van der Waals surface area (Å²) in [7, 11) is 0. The Morgan fingerprint density at radius 3 is 1.01 bits per heavy atom. The van der Waals surface area contributed by atoms with Crippen LogP contribution in [-0.4, -0.2) is 87.5 Å². The molecule has 95 heavy (non-hydrogen) atoms. The SMILES string of the molecule is CC/C=C\C/C=C\C/C=C\C/C=C\C/C=C\C/C=C\C/C=C\C/C=C\CCCCCCCCCCCCCCCCC(=O)NC(COC1OC(CO)C(O)C(O)C1O)C(O)/C=C/CC/C=C/CC/C=C/CCCCCCCCCCCCCCCCCCCCCCCCC. The molecule has 546 valence electrons. The van der Waals surface area contributed by atoms with E-state index in [9.17, 15) is 30.3 Å². The summed E-state index contributed by atoms with van der Waals surface area (Å²) >= 11 is 0. The first-order valence-electron chi connectivity index (χ1n) is 39.9. The first kappa shape index (κ1) is 89.3. The standard InChI is InChI=1S/C86H149NO8/c1-3-5-7-9-11-13-15-17-19-21-23-25-27-29-31-33-35-37-38-39-40-41-42-44-46-48-50-52-54-56-58-60-62-64-66-68-70-72-74-76-82(90)87-79(78-94-86-85(93)84(92)83(91)81(77-88)95-86)80(89)75-73-71-69-67-65-63-61-59-57-55-53-51-49-47-45-43-36-34-32-30-28-26-24-22-20-18-16-14-12-10-8-6-4-2/h5,7,11,13,17,19,23,25,29,31,35,37,39-40,42,44,57,59,65,67,73,75,79-81,83-86,88-89,91-93H,3-4,6,8-10,12,14-16,18,20-22,24,26-28,30,32-34,36,38,41,43,45-56,58,60-64,66,68-72,74,76-78H2,1-2H3,(H,87,90)/b7-5-,13-11-,19-17-,25-23-,31-29-,37-35-,40-39-,44-42-,59-57+,67-65+,75-73+. The number of aliphatic hydroxyl groups is 5. The molecule has 9 nitrogen and oxygen atoms in total. The number of hydrogen-bond acceptors (Lipinski definition) is 8. The van der Waals surface area contributed by atoms with E-state index in [1.165, 1.54) is 231 Å². The summed E-state index contributed by atoms with van der Waals surface area (Å²) in [5.41, 5.74) is 0. The first-order valence-corrected chi connectivity index (χ1v) is 39.9. The third kappa shape index (κ3) is 61.2. The fourth-order valence-electron chi connectivity index (χ4n) is 12.0. The molecular formula is C86H149NO8. The van der Waals surface area contributed by atoms with Gasteiger partial charge < -0.3 is 40.3 Å². The molecule has 1 fully saturated rings. The molecule has 1 rings (SSSR count). The van der Waals surface area contributed by atoms with E-state index in [1.54, 1.807) is 6.08 Å². The number of aliphatic hydroxyl groups excluding tert-OH is 5. The second-order valence-electron chi connectivity index (χ2n) is 27.1. The van der Waals surface area contributed by atoms with Crippen molar-refractivity contribution in [3.63, 3.8) is 0 Å². The molecule has 7 atom stereocenters. The van der Waals surface area contributed by atoms with Crippen LogP contribution in [0.4, 0.5) is 0 Å². The highest BCUT2D eigenvalue weighted by Gasteiger charge is 2.44. The van der Waals surface area contributed by atoms with Crippen molar-refractivity contribution in [2.75, 3.05) is 13.2 Å². The molecule has 0 aromatic heterocycles. The van der Waals surface area contributed by atoms with E-state index >= 15 is 0 Å². The van der Waals surface area contributed by atoms with Gasteiger partial charge in [0.05, 0.1) is 25.4 Å². The molecule has 1 saturated heterocycles. The molecule has 7 unspecified atom stereocenters. The van der Waals surface area contributed by atoms with E-state index in [-0.39, 0.29) is 12.5 Å². The summed E-state index contributed by atoms with van der Waals surface area (Å²) in [6.07, 6.45) is 104. The van der Waals surface area contributed by atoms with Crippen LogP contribution in [0.1, 0.15) is 348 Å². The minimum atomic E-state index is -1.58. The maximum Gasteiger partial charge on any atom is 0.220 e. The van der Waals surface area contributed by atoms with Gasteiger partial charge in [-0.15, -0.1) is 0 Å². The van der Waals surface area contributed by atoms with E-state index in [0.717, 1.165) is 96.3 Å². The van der Waals surface area contributed by atoms with E-state index in [1.807, 2.05) is 6.08 Å². The van der Waals surface area contributed by atoms with Crippen LogP contribution in [0, 0.1) is 0 Å². The molecule has 0 aliphatic carbocycles. The Morgan fingerprint density at radius 1 is 0.368 bits per heavy atom. The van der Waals surface area contributed by atoms with Crippen LogP contribution in [0.5, 0.6) is 0 Å². The average molecular weight is 1330 g/mol. The third-order valence-corrected chi connectivity index (χ3v) is 18.2. The first-order chi connectivity index (χ1) is 46.8. The van der Waals surface area contributed by atoms with Crippen LogP contribution < -0.4 is 5.32 Å². The maximum absolute atomic E-state index is 13.2. The maximum atomic E-state index is 13.2. The lowest BCUT2D eigenvalue weighted by atomic mass is 9.99. The largest absolute Gasteiger partial charge is 0.394 e. The molecular weight excluding hydrogens is 1170 g/mol. The zero-order valence-corrected chi connectivity index (χ0v) is 61.4. The van der Waals surface area contributed by atoms with Crippen LogP contribution >= 0.6 is 0 Å². The van der Waals surface area contributed by atoms with Crippen molar-refractivity contribution in [2.24, 2.45) is 0 Å². The van der Waals surface area contributed by atoms with Gasteiger partial charge >= 0.3 is 0 Å². The van der Waals surface area contributed by atoms with Crippen molar-refractivity contribution >= 4 is 5.91 Å². The number of rotatable bonds is 69. The van der Waals surface area contributed by atoms with Crippen molar-refractivity contribution in [1.82, 2.24) is 5.32 Å². The van der Waals surface area contributed by atoms with Crippen molar-refractivity contribution in [3.8, 4) is 0 Å². The highest BCUT2D eigenvalue weighted by molar-refractivity contribution is 5.76. The van der Waals surface area contributed by atoms with Gasteiger partial charge in [-0.25, -0.2) is 0 Å². The minimum absolute atomic E-state index is 0.192. The zero-order valence-electron chi connectivity index (χ0n) is 61.4. The molecule has 1 heterocycles. The Kier molecular flexibility index (Phi) is 68.7. The monoisotopic (exact) mass is 1320 g/mol. The summed E-state index contributed by atoms with van der Waals surface area (Å²) in [4.78, 5) is 13.2. The van der Waals surface area contributed by atoms with E-state index in [2.05, 4.69) is 141 Å². The van der Waals surface area contributed by atoms with Crippen LogP contribution in [0.25, 0.3) is 0 Å². The number of unbranched alkanes of at least 4 members (excludes halogenated alkanes) is 39. The highest BCUT2D eigenvalue weighted by atomic mass is 16.7. The molecule has 0 radical (unpaired) electrons. The van der Waals surface area contributed by atoms with Crippen molar-refractivity contribution < 1.29 is 39.8 Å². The molecule has 9 heteroatoms. The summed E-state index contributed by atoms with van der Waals surface area (Å²) in [6.45, 7) is 3.68. The Bertz CT molecular complexity index is 1980. The topological polar surface area (TPSA) is 149 Å². The normalized spacial score (nSPS) is 18.2. The number of carbonyl (C=O) groups is 1. The highest BCUT2D eigenvalue weighted by Crippen LogP contribution is 2.23. The molecule has 0 aromatic rings. The summed E-state index contributed by atoms with van der Waals surface area (Å²) in [5.74, 6) is -0.192. The summed E-state index contributed by atoms with van der Waals surface area (Å²) in [6, 6.07) is -0.839. The van der Waals surface area contributed by atoms with Crippen LogP contribution in [0.15, 0.2) is 134 Å². The number of carbonyl (C=O) groups excluding carboxylic acids is 1. The smallest absolute Gasteiger partial charge is 0.220 e. The van der Waals surface area contributed by atoms with Gasteiger partial charge in [0.1, 0.15) is 24.4 Å². The Hall–Kier alpha value is -3.67. The fraction of sp³-hybridized carbons (Fsp3) is 0.733. The second kappa shape index (κ2) is 73.1. The van der Waals surface area contributed by atoms with Gasteiger partial charge in [0.2, 0.25) is 5.91 Å².